The lowest BCUT2D eigenvalue weighted by Crippen LogP contribution is -2.50. The molecule has 0 aliphatic carbocycles. The smallest absolute Gasteiger partial charge is 0.334 e. The number of ether oxygens (including phenoxy) is 2. The van der Waals surface area contributed by atoms with E-state index in [4.69, 9.17) is 14.6 Å². The molecule has 2 unspecified atom stereocenters. The summed E-state index contributed by atoms with van der Waals surface area (Å²) in [4.78, 5) is 24.4. The van der Waals surface area contributed by atoms with E-state index >= 15 is 0 Å². The molecule has 20 heavy (non-hydrogen) atoms. The molecular formula is C13H24N2O5. The predicted molar refractivity (Wildman–Crippen MR) is 72.7 cm³/mol. The van der Waals surface area contributed by atoms with Crippen LogP contribution in [0.1, 0.15) is 26.2 Å². The highest BCUT2D eigenvalue weighted by Crippen LogP contribution is 2.13. The van der Waals surface area contributed by atoms with Gasteiger partial charge in [0, 0.05) is 26.8 Å². The van der Waals surface area contributed by atoms with E-state index in [1.165, 1.54) is 7.11 Å². The number of methoxy groups -OCH3 is 1. The first kappa shape index (κ1) is 16.7. The van der Waals surface area contributed by atoms with Gasteiger partial charge in [0.2, 0.25) is 0 Å². The van der Waals surface area contributed by atoms with Crippen molar-refractivity contribution in [2.75, 3.05) is 33.4 Å². The Morgan fingerprint density at radius 1 is 1.50 bits per heavy atom. The summed E-state index contributed by atoms with van der Waals surface area (Å²) in [5, 5.41) is 11.4. The Morgan fingerprint density at radius 2 is 2.25 bits per heavy atom. The topological polar surface area (TPSA) is 88.1 Å². The number of hydrogen-bond acceptors (Lipinski definition) is 4. The van der Waals surface area contributed by atoms with Crippen molar-refractivity contribution in [3.8, 4) is 0 Å². The monoisotopic (exact) mass is 288 g/mol. The van der Waals surface area contributed by atoms with Crippen LogP contribution in [-0.2, 0) is 14.3 Å². The van der Waals surface area contributed by atoms with Crippen molar-refractivity contribution in [3.05, 3.63) is 0 Å². The molecule has 7 heteroatoms. The highest BCUT2D eigenvalue weighted by Gasteiger charge is 2.25. The van der Waals surface area contributed by atoms with Gasteiger partial charge < -0.3 is 24.8 Å². The average Bonchev–Trinajstić information content (AvgIpc) is 2.45. The molecule has 0 aromatic rings. The van der Waals surface area contributed by atoms with Crippen molar-refractivity contribution in [1.29, 1.82) is 0 Å². The Hall–Kier alpha value is -1.34. The summed E-state index contributed by atoms with van der Waals surface area (Å²) >= 11 is 0. The second-order valence-electron chi connectivity index (χ2n) is 4.83. The first-order chi connectivity index (χ1) is 9.58. The number of rotatable bonds is 7. The first-order valence-corrected chi connectivity index (χ1v) is 6.98. The summed E-state index contributed by atoms with van der Waals surface area (Å²) in [5.74, 6) is -1.09. The van der Waals surface area contributed by atoms with Gasteiger partial charge in [-0.05, 0) is 19.3 Å². The molecular weight excluding hydrogens is 264 g/mol. The third-order valence-electron chi connectivity index (χ3n) is 3.22. The van der Waals surface area contributed by atoms with Gasteiger partial charge in [0.15, 0.2) is 6.10 Å². The molecule has 2 amide bonds. The summed E-state index contributed by atoms with van der Waals surface area (Å²) in [6.07, 6.45) is 1.87. The number of carboxylic acid groups (broad SMARTS) is 1. The van der Waals surface area contributed by atoms with E-state index in [9.17, 15) is 9.59 Å². The summed E-state index contributed by atoms with van der Waals surface area (Å²) < 4.78 is 10.4. The predicted octanol–water partition coefficient (Wildman–Crippen LogP) is 0.687. The number of piperidine rings is 1. The molecule has 0 radical (unpaired) electrons. The molecule has 0 saturated carbocycles. The van der Waals surface area contributed by atoms with Crippen LogP contribution in [0.5, 0.6) is 0 Å². The Bertz CT molecular complexity index is 324. The largest absolute Gasteiger partial charge is 0.479 e. The van der Waals surface area contributed by atoms with Crippen LogP contribution in [0.3, 0.4) is 0 Å². The molecule has 0 bridgehead atoms. The first-order valence-electron chi connectivity index (χ1n) is 6.98. The zero-order valence-corrected chi connectivity index (χ0v) is 12.1. The number of carbonyl (C=O) groups is 2. The number of hydrogen-bond donors (Lipinski definition) is 2. The minimum atomic E-state index is -1.09. The fourth-order valence-electron chi connectivity index (χ4n) is 2.11. The molecule has 1 aliphatic heterocycles. The molecule has 0 spiro atoms. The summed E-state index contributed by atoms with van der Waals surface area (Å²) in [6, 6.07) is -0.266. The minimum Gasteiger partial charge on any atom is -0.479 e. The van der Waals surface area contributed by atoms with E-state index < -0.39 is 12.1 Å². The Labute approximate surface area is 119 Å². The lowest BCUT2D eigenvalue weighted by atomic mass is 10.1. The Balaban J connectivity index is 2.36. The van der Waals surface area contributed by atoms with Gasteiger partial charge in [-0.2, -0.15) is 0 Å². The van der Waals surface area contributed by atoms with E-state index in [2.05, 4.69) is 5.32 Å². The van der Waals surface area contributed by atoms with Gasteiger partial charge in [0.25, 0.3) is 0 Å². The van der Waals surface area contributed by atoms with Crippen molar-refractivity contribution >= 4 is 12.0 Å². The van der Waals surface area contributed by atoms with Crippen LogP contribution < -0.4 is 5.32 Å². The van der Waals surface area contributed by atoms with Crippen LogP contribution in [-0.4, -0.2) is 67.6 Å². The molecule has 2 N–H and O–H groups in total. The number of nitrogens with one attached hydrogen (secondary N) is 1. The van der Waals surface area contributed by atoms with Crippen LogP contribution in [0.15, 0.2) is 0 Å². The highest BCUT2D eigenvalue weighted by atomic mass is 16.5. The third kappa shape index (κ3) is 5.34. The third-order valence-corrected chi connectivity index (χ3v) is 3.22. The number of aliphatic carboxylic acids is 1. The SMILES string of the molecule is CCCOC1CCCN(C(=O)NCC(OC)C(=O)O)C1. The standard InChI is InChI=1S/C13H24N2O5/c1-3-7-20-10-5-4-6-15(9-10)13(18)14-8-11(19-2)12(16)17/h10-11H,3-9H2,1-2H3,(H,14,18)(H,16,17). The number of carbonyl (C=O) groups excluding carboxylic acids is 1. The molecule has 1 aliphatic rings. The lowest BCUT2D eigenvalue weighted by Gasteiger charge is -2.32. The zero-order valence-electron chi connectivity index (χ0n) is 12.1. The van der Waals surface area contributed by atoms with Gasteiger partial charge in [-0.25, -0.2) is 9.59 Å². The summed E-state index contributed by atoms with van der Waals surface area (Å²) in [6.45, 7) is 3.93. The van der Waals surface area contributed by atoms with Crippen LogP contribution >= 0.6 is 0 Å². The number of nitrogens with zero attached hydrogens (tertiary/aromatic N) is 1. The number of amides is 2. The summed E-state index contributed by atoms with van der Waals surface area (Å²) in [7, 11) is 1.31. The van der Waals surface area contributed by atoms with Crippen LogP contribution in [0, 0.1) is 0 Å². The molecule has 1 heterocycles. The van der Waals surface area contributed by atoms with E-state index in [1.54, 1.807) is 4.90 Å². The number of carboxylic acids is 1. The molecule has 1 saturated heterocycles. The van der Waals surface area contributed by atoms with Crippen LogP contribution in [0.25, 0.3) is 0 Å². The quantitative estimate of drug-likeness (QED) is 0.719. The molecule has 2 atom stereocenters. The number of likely N-dealkylation sites (tertiary alicyclic amines) is 1. The zero-order chi connectivity index (χ0) is 15.0. The second kappa shape index (κ2) is 8.76. The van der Waals surface area contributed by atoms with E-state index in [-0.39, 0.29) is 18.7 Å². The minimum absolute atomic E-state index is 0.0400. The normalized spacial score (nSPS) is 20.5. The molecule has 1 rings (SSSR count). The maximum atomic E-state index is 12.0. The van der Waals surface area contributed by atoms with Gasteiger partial charge in [-0.15, -0.1) is 0 Å². The maximum Gasteiger partial charge on any atom is 0.334 e. The van der Waals surface area contributed by atoms with E-state index in [1.807, 2.05) is 6.92 Å². The van der Waals surface area contributed by atoms with Gasteiger partial charge in [0.05, 0.1) is 12.6 Å². The molecule has 7 nitrogen and oxygen atoms in total. The van der Waals surface area contributed by atoms with Gasteiger partial charge >= 0.3 is 12.0 Å². The molecule has 1 fully saturated rings. The molecule has 116 valence electrons. The maximum absolute atomic E-state index is 12.0. The van der Waals surface area contributed by atoms with Crippen LogP contribution in [0.2, 0.25) is 0 Å². The Morgan fingerprint density at radius 3 is 2.85 bits per heavy atom. The second-order valence-corrected chi connectivity index (χ2v) is 4.83. The number of urea groups is 1. The fraction of sp³-hybridized carbons (Fsp3) is 0.846. The van der Waals surface area contributed by atoms with Crippen molar-refractivity contribution in [3.63, 3.8) is 0 Å². The van der Waals surface area contributed by atoms with Crippen LogP contribution in [0.4, 0.5) is 4.79 Å². The van der Waals surface area contributed by atoms with Crippen molar-refractivity contribution < 1.29 is 24.2 Å². The summed E-state index contributed by atoms with van der Waals surface area (Å²) in [5.41, 5.74) is 0. The van der Waals surface area contributed by atoms with Gasteiger partial charge in [0.1, 0.15) is 0 Å². The molecule has 0 aromatic carbocycles. The molecule has 0 aromatic heterocycles. The highest BCUT2D eigenvalue weighted by molar-refractivity contribution is 5.77. The van der Waals surface area contributed by atoms with E-state index in [0.717, 1.165) is 19.3 Å². The van der Waals surface area contributed by atoms with E-state index in [0.29, 0.717) is 19.7 Å². The van der Waals surface area contributed by atoms with Crippen molar-refractivity contribution in [2.45, 2.75) is 38.4 Å². The van der Waals surface area contributed by atoms with Crippen molar-refractivity contribution in [2.24, 2.45) is 0 Å². The fourth-order valence-corrected chi connectivity index (χ4v) is 2.11. The average molecular weight is 288 g/mol. The lowest BCUT2D eigenvalue weighted by molar-refractivity contribution is -0.148. The van der Waals surface area contributed by atoms with Gasteiger partial charge in [-0.3, -0.25) is 0 Å². The van der Waals surface area contributed by atoms with Crippen molar-refractivity contribution in [1.82, 2.24) is 10.2 Å². The Kier molecular flexibility index (Phi) is 7.32. The van der Waals surface area contributed by atoms with Gasteiger partial charge in [-0.1, -0.05) is 6.92 Å².